The summed E-state index contributed by atoms with van der Waals surface area (Å²) in [7, 11) is 4.43. The number of carbonyl (C=O) groups excluding carboxylic acids is 2. The molecule has 2 aromatic rings. The Hall–Kier alpha value is -3.09. The molecule has 0 fully saturated rings. The lowest BCUT2D eigenvalue weighted by Gasteiger charge is -2.15. The minimum Gasteiger partial charge on any atom is -0.493 e. The van der Waals surface area contributed by atoms with Gasteiger partial charge in [-0.05, 0) is 48.9 Å². The molecule has 0 aliphatic rings. The van der Waals surface area contributed by atoms with Crippen LogP contribution in [0.4, 0.5) is 4.39 Å². The molecular weight excluding hydrogens is 355 g/mol. The van der Waals surface area contributed by atoms with Crippen LogP contribution in [0, 0.1) is 5.82 Å². The standard InChI is InChI=1S/C20H21FO6/c1-12(19(23)14-5-7-15(21)8-6-14)27-18(22)11-13-9-16(24-2)20(26-4)17(10-13)25-3/h5-10,12H,11H2,1-4H3/t12-/m1/s1. The molecular formula is C20H21FO6. The van der Waals surface area contributed by atoms with E-state index in [0.29, 0.717) is 22.8 Å². The van der Waals surface area contributed by atoms with E-state index in [1.54, 1.807) is 12.1 Å². The van der Waals surface area contributed by atoms with Gasteiger partial charge in [-0.25, -0.2) is 4.39 Å². The molecule has 7 heteroatoms. The summed E-state index contributed by atoms with van der Waals surface area (Å²) in [4.78, 5) is 24.5. The summed E-state index contributed by atoms with van der Waals surface area (Å²) >= 11 is 0. The quantitative estimate of drug-likeness (QED) is 0.520. The van der Waals surface area contributed by atoms with Crippen molar-refractivity contribution in [1.29, 1.82) is 0 Å². The second-order valence-electron chi connectivity index (χ2n) is 5.71. The summed E-state index contributed by atoms with van der Waals surface area (Å²) in [6.45, 7) is 1.47. The summed E-state index contributed by atoms with van der Waals surface area (Å²) in [5.41, 5.74) is 0.848. The summed E-state index contributed by atoms with van der Waals surface area (Å²) in [5.74, 6) is -0.207. The Labute approximate surface area is 156 Å². The smallest absolute Gasteiger partial charge is 0.310 e. The predicted molar refractivity (Wildman–Crippen MR) is 96.1 cm³/mol. The number of methoxy groups -OCH3 is 3. The van der Waals surface area contributed by atoms with Crippen molar-refractivity contribution in [2.24, 2.45) is 0 Å². The van der Waals surface area contributed by atoms with Crippen LogP contribution in [0.3, 0.4) is 0 Å². The van der Waals surface area contributed by atoms with Crippen molar-refractivity contribution in [2.75, 3.05) is 21.3 Å². The van der Waals surface area contributed by atoms with Crippen molar-refractivity contribution in [3.63, 3.8) is 0 Å². The highest BCUT2D eigenvalue weighted by molar-refractivity contribution is 6.00. The van der Waals surface area contributed by atoms with Gasteiger partial charge >= 0.3 is 5.97 Å². The number of rotatable bonds is 8. The average Bonchev–Trinajstić information content (AvgIpc) is 2.66. The van der Waals surface area contributed by atoms with Crippen LogP contribution in [0.1, 0.15) is 22.8 Å². The van der Waals surface area contributed by atoms with Gasteiger partial charge in [-0.2, -0.15) is 0 Å². The van der Waals surface area contributed by atoms with Gasteiger partial charge in [0.05, 0.1) is 27.8 Å². The first-order valence-electron chi connectivity index (χ1n) is 8.17. The lowest BCUT2D eigenvalue weighted by molar-refractivity contribution is -0.145. The molecule has 0 aliphatic heterocycles. The molecule has 0 unspecified atom stereocenters. The molecule has 0 aromatic heterocycles. The molecule has 0 amide bonds. The fraction of sp³-hybridized carbons (Fsp3) is 0.300. The Balaban J connectivity index is 2.08. The van der Waals surface area contributed by atoms with E-state index in [1.165, 1.54) is 52.5 Å². The van der Waals surface area contributed by atoms with Crippen molar-refractivity contribution in [3.05, 3.63) is 53.3 Å². The van der Waals surface area contributed by atoms with E-state index in [0.717, 1.165) is 0 Å². The largest absolute Gasteiger partial charge is 0.493 e. The van der Waals surface area contributed by atoms with E-state index in [4.69, 9.17) is 18.9 Å². The van der Waals surface area contributed by atoms with Crippen LogP contribution in [0.25, 0.3) is 0 Å². The number of ketones is 1. The van der Waals surface area contributed by atoms with E-state index >= 15 is 0 Å². The first kappa shape index (κ1) is 20.2. The molecule has 2 rings (SSSR count). The van der Waals surface area contributed by atoms with Gasteiger partial charge < -0.3 is 18.9 Å². The Morgan fingerprint density at radius 1 is 0.963 bits per heavy atom. The second kappa shape index (κ2) is 9.02. The zero-order valence-electron chi connectivity index (χ0n) is 15.6. The molecule has 0 aliphatic carbocycles. The number of esters is 1. The van der Waals surface area contributed by atoms with Gasteiger partial charge in [-0.1, -0.05) is 0 Å². The van der Waals surface area contributed by atoms with E-state index < -0.39 is 23.7 Å². The van der Waals surface area contributed by atoms with Crippen LogP contribution in [0.15, 0.2) is 36.4 Å². The summed E-state index contributed by atoms with van der Waals surface area (Å²) in [6.07, 6.45) is -1.08. The van der Waals surface area contributed by atoms with Gasteiger partial charge in [-0.15, -0.1) is 0 Å². The van der Waals surface area contributed by atoms with Crippen LogP contribution >= 0.6 is 0 Å². The fourth-order valence-corrected chi connectivity index (χ4v) is 2.55. The van der Waals surface area contributed by atoms with Gasteiger partial charge in [0.1, 0.15) is 5.82 Å². The summed E-state index contributed by atoms with van der Waals surface area (Å²) in [5, 5.41) is 0. The molecule has 144 valence electrons. The lowest BCUT2D eigenvalue weighted by Crippen LogP contribution is -2.25. The maximum atomic E-state index is 13.0. The highest BCUT2D eigenvalue weighted by atomic mass is 19.1. The van der Waals surface area contributed by atoms with Crippen LogP contribution in [-0.2, 0) is 16.0 Å². The average molecular weight is 376 g/mol. The number of halogens is 1. The lowest BCUT2D eigenvalue weighted by atomic mass is 10.1. The third-order valence-corrected chi connectivity index (χ3v) is 3.88. The summed E-state index contributed by atoms with van der Waals surface area (Å²) in [6, 6.07) is 8.32. The Morgan fingerprint density at radius 3 is 2.00 bits per heavy atom. The zero-order chi connectivity index (χ0) is 20.0. The number of ether oxygens (including phenoxy) is 4. The van der Waals surface area contributed by atoms with Crippen LogP contribution in [0.2, 0.25) is 0 Å². The van der Waals surface area contributed by atoms with E-state index in [1.807, 2.05) is 0 Å². The fourth-order valence-electron chi connectivity index (χ4n) is 2.55. The van der Waals surface area contributed by atoms with Crippen molar-refractivity contribution in [2.45, 2.75) is 19.4 Å². The normalized spacial score (nSPS) is 11.4. The number of benzene rings is 2. The number of hydrogen-bond donors (Lipinski definition) is 0. The van der Waals surface area contributed by atoms with Crippen molar-refractivity contribution in [1.82, 2.24) is 0 Å². The molecule has 0 saturated heterocycles. The third-order valence-electron chi connectivity index (χ3n) is 3.88. The van der Waals surface area contributed by atoms with Gasteiger partial charge in [0.2, 0.25) is 11.5 Å². The SMILES string of the molecule is COc1cc(CC(=O)O[C@H](C)C(=O)c2ccc(F)cc2)cc(OC)c1OC. The second-order valence-corrected chi connectivity index (χ2v) is 5.71. The van der Waals surface area contributed by atoms with Crippen molar-refractivity contribution >= 4 is 11.8 Å². The summed E-state index contributed by atoms with van der Waals surface area (Å²) < 4.78 is 33.9. The van der Waals surface area contributed by atoms with Gasteiger partial charge in [-0.3, -0.25) is 9.59 Å². The molecule has 0 spiro atoms. The monoisotopic (exact) mass is 376 g/mol. The van der Waals surface area contributed by atoms with Crippen LogP contribution in [0.5, 0.6) is 17.2 Å². The van der Waals surface area contributed by atoms with Crippen LogP contribution in [-0.4, -0.2) is 39.2 Å². The first-order valence-corrected chi connectivity index (χ1v) is 8.17. The van der Waals surface area contributed by atoms with E-state index in [9.17, 15) is 14.0 Å². The molecule has 2 aromatic carbocycles. The minimum absolute atomic E-state index is 0.0856. The Kier molecular flexibility index (Phi) is 6.76. The highest BCUT2D eigenvalue weighted by Gasteiger charge is 2.21. The minimum atomic E-state index is -0.995. The topological polar surface area (TPSA) is 71.1 Å². The van der Waals surface area contributed by atoms with Crippen LogP contribution < -0.4 is 14.2 Å². The number of carbonyl (C=O) groups is 2. The number of hydrogen-bond acceptors (Lipinski definition) is 6. The van der Waals surface area contributed by atoms with Gasteiger partial charge in [0.15, 0.2) is 17.6 Å². The number of Topliss-reactive ketones (excluding diaryl/α,β-unsaturated/α-hetero) is 1. The Morgan fingerprint density at radius 2 is 1.52 bits per heavy atom. The first-order chi connectivity index (χ1) is 12.9. The Bertz CT molecular complexity index is 791. The van der Waals surface area contributed by atoms with E-state index in [2.05, 4.69) is 0 Å². The third kappa shape index (κ3) is 4.97. The molecule has 6 nitrogen and oxygen atoms in total. The molecule has 1 atom stereocenters. The van der Waals surface area contributed by atoms with Crippen molar-refractivity contribution in [3.8, 4) is 17.2 Å². The van der Waals surface area contributed by atoms with Crippen molar-refractivity contribution < 1.29 is 32.9 Å². The molecule has 27 heavy (non-hydrogen) atoms. The molecule has 0 heterocycles. The maximum Gasteiger partial charge on any atom is 0.310 e. The van der Waals surface area contributed by atoms with E-state index in [-0.39, 0.29) is 12.0 Å². The predicted octanol–water partition coefficient (Wildman–Crippen LogP) is 3.21. The molecule has 0 radical (unpaired) electrons. The maximum absolute atomic E-state index is 13.0. The molecule has 0 N–H and O–H groups in total. The molecule has 0 saturated carbocycles. The van der Waals surface area contributed by atoms with Gasteiger partial charge in [0, 0.05) is 5.56 Å². The van der Waals surface area contributed by atoms with Gasteiger partial charge in [0.25, 0.3) is 0 Å². The molecule has 0 bridgehead atoms. The highest BCUT2D eigenvalue weighted by Crippen LogP contribution is 2.38. The zero-order valence-corrected chi connectivity index (χ0v) is 15.6.